The quantitative estimate of drug-likeness (QED) is 0.815. The van der Waals surface area contributed by atoms with Crippen LogP contribution in [0.2, 0.25) is 0 Å². The molecule has 2 nitrogen and oxygen atoms in total. The highest BCUT2D eigenvalue weighted by molar-refractivity contribution is 9.10. The first-order valence-electron chi connectivity index (χ1n) is 3.22. The van der Waals surface area contributed by atoms with Crippen LogP contribution in [0.5, 0.6) is 0 Å². The molecule has 0 spiro atoms. The third-order valence-corrected chi connectivity index (χ3v) is 2.53. The monoisotopic (exact) mass is 236 g/mol. The van der Waals surface area contributed by atoms with E-state index < -0.39 is 6.43 Å². The number of aromatic nitrogens is 1. The molecule has 1 aromatic rings. The number of anilines is 1. The zero-order valence-electron chi connectivity index (χ0n) is 6.31. The predicted molar refractivity (Wildman–Crippen MR) is 46.0 cm³/mol. The first-order valence-corrected chi connectivity index (χ1v) is 4.02. The van der Waals surface area contributed by atoms with Crippen molar-refractivity contribution in [3.05, 3.63) is 21.8 Å². The Morgan fingerprint density at radius 2 is 2.17 bits per heavy atom. The number of nitrogen functional groups attached to an aromatic ring is 1. The first-order chi connectivity index (χ1) is 5.54. The van der Waals surface area contributed by atoms with Gasteiger partial charge in [-0.3, -0.25) is 0 Å². The Morgan fingerprint density at radius 1 is 1.58 bits per heavy atom. The van der Waals surface area contributed by atoms with Crippen LogP contribution in [0.25, 0.3) is 0 Å². The number of halogens is 3. The number of aryl methyl sites for hydroxylation is 1. The minimum absolute atomic E-state index is 0.123. The molecule has 1 heterocycles. The van der Waals surface area contributed by atoms with E-state index in [1.165, 1.54) is 6.20 Å². The number of hydrogen-bond acceptors (Lipinski definition) is 2. The average molecular weight is 237 g/mol. The Balaban J connectivity index is 3.33. The summed E-state index contributed by atoms with van der Waals surface area (Å²) in [6.07, 6.45) is -1.14. The molecule has 0 saturated heterocycles. The fourth-order valence-electron chi connectivity index (χ4n) is 0.825. The third kappa shape index (κ3) is 1.55. The lowest BCUT2D eigenvalue weighted by Gasteiger charge is -2.07. The molecule has 0 aliphatic rings. The maximum absolute atomic E-state index is 12.3. The Kier molecular flexibility index (Phi) is 2.62. The first kappa shape index (κ1) is 9.38. The van der Waals surface area contributed by atoms with Gasteiger partial charge in [-0.05, 0) is 28.4 Å². The number of hydrogen-bond donors (Lipinski definition) is 1. The molecule has 0 bridgehead atoms. The average Bonchev–Trinajstić information content (AvgIpc) is 1.97. The standard InChI is InChI=1S/C7H7BrF2N2/c1-3-2-12-7(11)4(5(3)8)6(9)10/h2,6H,1H3,(H2,11,12). The minimum atomic E-state index is -2.59. The molecule has 0 fully saturated rings. The largest absolute Gasteiger partial charge is 0.383 e. The molecular formula is C7H7BrF2N2. The molecule has 0 unspecified atom stereocenters. The van der Waals surface area contributed by atoms with Crippen molar-refractivity contribution in [2.75, 3.05) is 5.73 Å². The van der Waals surface area contributed by atoms with Crippen LogP contribution >= 0.6 is 15.9 Å². The van der Waals surface area contributed by atoms with E-state index in [4.69, 9.17) is 5.73 Å². The summed E-state index contributed by atoms with van der Waals surface area (Å²) >= 11 is 3.03. The number of pyridine rings is 1. The molecule has 0 radical (unpaired) electrons. The normalized spacial score (nSPS) is 10.8. The number of nitrogens with two attached hydrogens (primary N) is 1. The van der Waals surface area contributed by atoms with Crippen molar-refractivity contribution in [1.82, 2.24) is 4.98 Å². The third-order valence-electron chi connectivity index (χ3n) is 1.47. The molecule has 66 valence electrons. The van der Waals surface area contributed by atoms with Crippen molar-refractivity contribution in [2.45, 2.75) is 13.3 Å². The molecule has 0 aliphatic heterocycles. The van der Waals surface area contributed by atoms with Crippen LogP contribution in [0.1, 0.15) is 17.6 Å². The van der Waals surface area contributed by atoms with Crippen molar-refractivity contribution in [3.63, 3.8) is 0 Å². The predicted octanol–water partition coefficient (Wildman–Crippen LogP) is 2.67. The highest BCUT2D eigenvalue weighted by atomic mass is 79.9. The van der Waals surface area contributed by atoms with Gasteiger partial charge in [-0.1, -0.05) is 0 Å². The van der Waals surface area contributed by atoms with Gasteiger partial charge in [0.2, 0.25) is 0 Å². The Bertz CT molecular complexity index is 302. The summed E-state index contributed by atoms with van der Waals surface area (Å²) in [5, 5.41) is 0. The van der Waals surface area contributed by atoms with Crippen molar-refractivity contribution in [2.24, 2.45) is 0 Å². The highest BCUT2D eigenvalue weighted by Crippen LogP contribution is 2.32. The maximum Gasteiger partial charge on any atom is 0.268 e. The van der Waals surface area contributed by atoms with Crippen LogP contribution in [0.15, 0.2) is 10.7 Å². The summed E-state index contributed by atoms with van der Waals surface area (Å²) in [6.45, 7) is 1.68. The Morgan fingerprint density at radius 3 is 2.58 bits per heavy atom. The molecule has 1 rings (SSSR count). The van der Waals surface area contributed by atoms with Gasteiger partial charge in [0.1, 0.15) is 5.82 Å². The van der Waals surface area contributed by atoms with Gasteiger partial charge in [0.15, 0.2) is 0 Å². The van der Waals surface area contributed by atoms with Crippen LogP contribution in [-0.4, -0.2) is 4.98 Å². The van der Waals surface area contributed by atoms with Crippen molar-refractivity contribution in [3.8, 4) is 0 Å². The summed E-state index contributed by atoms with van der Waals surface area (Å²) in [5.74, 6) is -0.123. The molecule has 0 atom stereocenters. The number of rotatable bonds is 1. The summed E-state index contributed by atoms with van der Waals surface area (Å²) in [6, 6.07) is 0. The summed E-state index contributed by atoms with van der Waals surface area (Å²) in [4.78, 5) is 3.63. The smallest absolute Gasteiger partial charge is 0.268 e. The molecular weight excluding hydrogens is 230 g/mol. The molecule has 0 aliphatic carbocycles. The lowest BCUT2D eigenvalue weighted by Crippen LogP contribution is -2.00. The van der Waals surface area contributed by atoms with Crippen LogP contribution in [-0.2, 0) is 0 Å². The van der Waals surface area contributed by atoms with Gasteiger partial charge >= 0.3 is 0 Å². The van der Waals surface area contributed by atoms with Gasteiger partial charge in [0, 0.05) is 10.7 Å². The van der Waals surface area contributed by atoms with E-state index in [1.54, 1.807) is 6.92 Å². The number of alkyl halides is 2. The zero-order chi connectivity index (χ0) is 9.30. The van der Waals surface area contributed by atoms with Crippen LogP contribution in [0.4, 0.5) is 14.6 Å². The van der Waals surface area contributed by atoms with E-state index in [1.807, 2.05) is 0 Å². The zero-order valence-corrected chi connectivity index (χ0v) is 7.90. The lowest BCUT2D eigenvalue weighted by atomic mass is 10.2. The second-order valence-electron chi connectivity index (χ2n) is 2.35. The molecule has 1 aromatic heterocycles. The van der Waals surface area contributed by atoms with Crippen LogP contribution in [0, 0.1) is 6.92 Å². The minimum Gasteiger partial charge on any atom is -0.383 e. The Labute approximate surface area is 76.9 Å². The second kappa shape index (κ2) is 3.35. The second-order valence-corrected chi connectivity index (χ2v) is 3.15. The van der Waals surface area contributed by atoms with Crippen LogP contribution < -0.4 is 5.73 Å². The summed E-state index contributed by atoms with van der Waals surface area (Å²) in [7, 11) is 0. The van der Waals surface area contributed by atoms with Gasteiger partial charge in [0.25, 0.3) is 6.43 Å². The van der Waals surface area contributed by atoms with E-state index in [2.05, 4.69) is 20.9 Å². The van der Waals surface area contributed by atoms with Gasteiger partial charge in [-0.2, -0.15) is 0 Å². The van der Waals surface area contributed by atoms with E-state index in [0.717, 1.165) is 0 Å². The highest BCUT2D eigenvalue weighted by Gasteiger charge is 2.17. The summed E-state index contributed by atoms with van der Waals surface area (Å²) < 4.78 is 25.0. The van der Waals surface area contributed by atoms with E-state index in [0.29, 0.717) is 10.0 Å². The molecule has 12 heavy (non-hydrogen) atoms. The fourth-order valence-corrected chi connectivity index (χ4v) is 1.30. The van der Waals surface area contributed by atoms with E-state index >= 15 is 0 Å². The van der Waals surface area contributed by atoms with Crippen molar-refractivity contribution >= 4 is 21.7 Å². The molecule has 0 aromatic carbocycles. The van der Waals surface area contributed by atoms with Gasteiger partial charge in [-0.25, -0.2) is 13.8 Å². The fraction of sp³-hybridized carbons (Fsp3) is 0.286. The van der Waals surface area contributed by atoms with Crippen molar-refractivity contribution in [1.29, 1.82) is 0 Å². The molecule has 0 amide bonds. The molecule has 0 saturated carbocycles. The number of nitrogens with zero attached hydrogens (tertiary/aromatic N) is 1. The lowest BCUT2D eigenvalue weighted by molar-refractivity contribution is 0.151. The van der Waals surface area contributed by atoms with Gasteiger partial charge < -0.3 is 5.73 Å². The van der Waals surface area contributed by atoms with Gasteiger partial charge in [-0.15, -0.1) is 0 Å². The maximum atomic E-state index is 12.3. The van der Waals surface area contributed by atoms with E-state index in [-0.39, 0.29) is 11.4 Å². The SMILES string of the molecule is Cc1cnc(N)c(C(F)F)c1Br. The molecule has 5 heteroatoms. The molecule has 2 N–H and O–H groups in total. The van der Waals surface area contributed by atoms with Crippen molar-refractivity contribution < 1.29 is 8.78 Å². The topological polar surface area (TPSA) is 38.9 Å². The summed E-state index contributed by atoms with van der Waals surface area (Å²) in [5.41, 5.74) is 5.70. The van der Waals surface area contributed by atoms with E-state index in [9.17, 15) is 8.78 Å². The van der Waals surface area contributed by atoms with Gasteiger partial charge in [0.05, 0.1) is 5.56 Å². The Hall–Kier alpha value is -0.710. The van der Waals surface area contributed by atoms with Crippen LogP contribution in [0.3, 0.4) is 0 Å².